The Hall–Kier alpha value is -0.120. The molecule has 1 rings (SSSR count). The minimum atomic E-state index is 0.324. The molecule has 0 spiro atoms. The highest BCUT2D eigenvalue weighted by Crippen LogP contribution is 2.24. The second-order valence-electron chi connectivity index (χ2n) is 5.78. The molecule has 3 atom stereocenters. The summed E-state index contributed by atoms with van der Waals surface area (Å²) in [5, 5.41) is 13.1. The maximum absolute atomic E-state index is 9.42. The topological polar surface area (TPSA) is 58.3 Å². The summed E-state index contributed by atoms with van der Waals surface area (Å²) in [4.78, 5) is 0. The van der Waals surface area contributed by atoms with Gasteiger partial charge in [-0.25, -0.2) is 0 Å². The average molecular weight is 256 g/mol. The molecule has 0 aromatic heterocycles. The minimum absolute atomic E-state index is 0.324. The zero-order valence-corrected chi connectivity index (χ0v) is 12.0. The van der Waals surface area contributed by atoms with Crippen LogP contribution in [0.1, 0.15) is 64.7 Å². The first kappa shape index (κ1) is 15.9. The summed E-state index contributed by atoms with van der Waals surface area (Å²) in [5.41, 5.74) is 5.87. The number of unbranched alkanes of at least 4 members (excludes halogenated alkanes) is 3. The van der Waals surface area contributed by atoms with Crippen LogP contribution in [-0.2, 0) is 0 Å². The molecule has 0 saturated heterocycles. The number of hydrogen-bond acceptors (Lipinski definition) is 3. The molecule has 4 N–H and O–H groups in total. The summed E-state index contributed by atoms with van der Waals surface area (Å²) in [6.07, 6.45) is 11.3. The molecule has 1 fully saturated rings. The number of hydrogen-bond donors (Lipinski definition) is 3. The highest BCUT2D eigenvalue weighted by Gasteiger charge is 2.25. The van der Waals surface area contributed by atoms with Crippen LogP contribution in [0.5, 0.6) is 0 Å². The summed E-state index contributed by atoms with van der Waals surface area (Å²) >= 11 is 0. The van der Waals surface area contributed by atoms with E-state index in [1.165, 1.54) is 57.8 Å². The van der Waals surface area contributed by atoms with Gasteiger partial charge in [0.1, 0.15) is 0 Å². The lowest BCUT2D eigenvalue weighted by Gasteiger charge is -2.34. The third-order valence-electron chi connectivity index (χ3n) is 4.28. The Balaban J connectivity index is 2.27. The Morgan fingerprint density at radius 3 is 2.67 bits per heavy atom. The molecule has 1 aliphatic carbocycles. The largest absolute Gasteiger partial charge is 0.396 e. The van der Waals surface area contributed by atoms with E-state index in [0.717, 1.165) is 6.54 Å². The van der Waals surface area contributed by atoms with Crippen LogP contribution < -0.4 is 11.1 Å². The lowest BCUT2D eigenvalue weighted by molar-refractivity contribution is 0.145. The predicted octanol–water partition coefficient (Wildman–Crippen LogP) is 2.42. The van der Waals surface area contributed by atoms with Gasteiger partial charge in [-0.2, -0.15) is 0 Å². The van der Waals surface area contributed by atoms with Crippen LogP contribution in [0.15, 0.2) is 0 Å². The van der Waals surface area contributed by atoms with Crippen molar-refractivity contribution in [2.75, 3.05) is 13.2 Å². The van der Waals surface area contributed by atoms with Crippen LogP contribution in [0.2, 0.25) is 0 Å². The Morgan fingerprint density at radius 1 is 1.22 bits per heavy atom. The molecule has 1 aliphatic rings. The van der Waals surface area contributed by atoms with E-state index in [9.17, 15) is 5.11 Å². The van der Waals surface area contributed by atoms with E-state index < -0.39 is 0 Å². The van der Waals surface area contributed by atoms with Crippen LogP contribution >= 0.6 is 0 Å². The molecule has 0 heterocycles. The zero-order chi connectivity index (χ0) is 13.2. The highest BCUT2D eigenvalue weighted by atomic mass is 16.3. The number of aliphatic hydroxyl groups is 1. The van der Waals surface area contributed by atoms with Gasteiger partial charge in [-0.15, -0.1) is 0 Å². The summed E-state index contributed by atoms with van der Waals surface area (Å²) in [5.74, 6) is 0.448. The molecule has 108 valence electrons. The van der Waals surface area contributed by atoms with Gasteiger partial charge in [0, 0.05) is 25.2 Å². The minimum Gasteiger partial charge on any atom is -0.396 e. The van der Waals surface area contributed by atoms with E-state index in [1.54, 1.807) is 0 Å². The normalized spacial score (nSPS) is 26.2. The van der Waals surface area contributed by atoms with Crippen molar-refractivity contribution in [3.05, 3.63) is 0 Å². The monoisotopic (exact) mass is 256 g/mol. The van der Waals surface area contributed by atoms with Crippen molar-refractivity contribution in [3.63, 3.8) is 0 Å². The van der Waals surface area contributed by atoms with Crippen molar-refractivity contribution in [2.45, 2.75) is 76.8 Å². The molecule has 0 radical (unpaired) electrons. The van der Waals surface area contributed by atoms with Crippen molar-refractivity contribution < 1.29 is 5.11 Å². The molecular weight excluding hydrogens is 224 g/mol. The van der Waals surface area contributed by atoms with Gasteiger partial charge in [-0.1, -0.05) is 45.4 Å². The molecule has 3 unspecified atom stereocenters. The Labute approximate surface area is 113 Å². The fraction of sp³-hybridized carbons (Fsp3) is 1.00. The third-order valence-corrected chi connectivity index (χ3v) is 4.28. The second kappa shape index (κ2) is 9.76. The van der Waals surface area contributed by atoms with E-state index in [4.69, 9.17) is 5.73 Å². The highest BCUT2D eigenvalue weighted by molar-refractivity contribution is 4.84. The van der Waals surface area contributed by atoms with Gasteiger partial charge in [0.2, 0.25) is 0 Å². The molecule has 3 heteroatoms. The third kappa shape index (κ3) is 5.68. The summed E-state index contributed by atoms with van der Waals surface area (Å²) < 4.78 is 0. The van der Waals surface area contributed by atoms with E-state index >= 15 is 0 Å². The van der Waals surface area contributed by atoms with Gasteiger partial charge < -0.3 is 16.2 Å². The summed E-state index contributed by atoms with van der Waals surface area (Å²) in [6.45, 7) is 3.29. The zero-order valence-electron chi connectivity index (χ0n) is 12.0. The van der Waals surface area contributed by atoms with Crippen LogP contribution in [0.4, 0.5) is 0 Å². The quantitative estimate of drug-likeness (QED) is 0.555. The predicted molar refractivity (Wildman–Crippen MR) is 77.6 cm³/mol. The number of nitrogens with one attached hydrogen (secondary N) is 1. The Morgan fingerprint density at radius 2 is 2.00 bits per heavy atom. The Kier molecular flexibility index (Phi) is 8.64. The maximum atomic E-state index is 9.42. The van der Waals surface area contributed by atoms with E-state index in [2.05, 4.69) is 12.2 Å². The number of nitrogens with two attached hydrogens (primary N) is 1. The van der Waals surface area contributed by atoms with Gasteiger partial charge in [-0.3, -0.25) is 0 Å². The smallest absolute Gasteiger partial charge is 0.0474 e. The van der Waals surface area contributed by atoms with Gasteiger partial charge >= 0.3 is 0 Å². The maximum Gasteiger partial charge on any atom is 0.0474 e. The van der Waals surface area contributed by atoms with Crippen LogP contribution in [-0.4, -0.2) is 30.3 Å². The first-order valence-corrected chi connectivity index (χ1v) is 7.88. The Bertz CT molecular complexity index is 199. The van der Waals surface area contributed by atoms with Crippen molar-refractivity contribution in [2.24, 2.45) is 11.7 Å². The summed E-state index contributed by atoms with van der Waals surface area (Å²) in [7, 11) is 0. The SMILES string of the molecule is CCCCCCC(CN)NC1CCCCC1CO. The van der Waals surface area contributed by atoms with Crippen molar-refractivity contribution >= 4 is 0 Å². The fourth-order valence-corrected chi connectivity index (χ4v) is 3.04. The first-order valence-electron chi connectivity index (χ1n) is 7.88. The van der Waals surface area contributed by atoms with Gasteiger partial charge in [0.25, 0.3) is 0 Å². The molecule has 18 heavy (non-hydrogen) atoms. The number of aliphatic hydroxyl groups excluding tert-OH is 1. The molecular formula is C15H32N2O. The molecule has 0 aromatic rings. The summed E-state index contributed by atoms with van der Waals surface area (Å²) in [6, 6.07) is 0.933. The van der Waals surface area contributed by atoms with Crippen molar-refractivity contribution in [1.82, 2.24) is 5.32 Å². The van der Waals surface area contributed by atoms with E-state index in [-0.39, 0.29) is 0 Å². The number of rotatable bonds is 9. The van der Waals surface area contributed by atoms with Crippen molar-refractivity contribution in [3.8, 4) is 0 Å². The fourth-order valence-electron chi connectivity index (χ4n) is 3.04. The molecule has 0 aliphatic heterocycles. The lowest BCUT2D eigenvalue weighted by atomic mass is 9.84. The molecule has 0 amide bonds. The molecule has 0 bridgehead atoms. The second-order valence-corrected chi connectivity index (χ2v) is 5.78. The standard InChI is InChI=1S/C15H32N2O/c1-2-3-4-5-9-14(11-16)17-15-10-7-6-8-13(15)12-18/h13-15,17-18H,2-12,16H2,1H3. The molecule has 3 nitrogen and oxygen atoms in total. The van der Waals surface area contributed by atoms with Gasteiger partial charge in [-0.05, 0) is 25.2 Å². The van der Waals surface area contributed by atoms with E-state index in [1.807, 2.05) is 0 Å². The van der Waals surface area contributed by atoms with Gasteiger partial charge in [0.15, 0.2) is 0 Å². The van der Waals surface area contributed by atoms with Crippen LogP contribution in [0.25, 0.3) is 0 Å². The average Bonchev–Trinajstić information content (AvgIpc) is 2.42. The van der Waals surface area contributed by atoms with Crippen molar-refractivity contribution in [1.29, 1.82) is 0 Å². The molecule has 1 saturated carbocycles. The molecule has 0 aromatic carbocycles. The lowest BCUT2D eigenvalue weighted by Crippen LogP contribution is -2.48. The van der Waals surface area contributed by atoms with Gasteiger partial charge in [0.05, 0.1) is 0 Å². The first-order chi connectivity index (χ1) is 8.81. The van der Waals surface area contributed by atoms with E-state index in [0.29, 0.717) is 24.6 Å². The van der Waals surface area contributed by atoms with Crippen LogP contribution in [0.3, 0.4) is 0 Å². The van der Waals surface area contributed by atoms with Crippen LogP contribution in [0, 0.1) is 5.92 Å².